The van der Waals surface area contributed by atoms with Crippen molar-refractivity contribution in [1.82, 2.24) is 9.55 Å². The Morgan fingerprint density at radius 3 is 2.76 bits per heavy atom. The summed E-state index contributed by atoms with van der Waals surface area (Å²) in [5.74, 6) is 0.652. The molecule has 29 heavy (non-hydrogen) atoms. The summed E-state index contributed by atoms with van der Waals surface area (Å²) in [6.07, 6.45) is 6.13. The van der Waals surface area contributed by atoms with Gasteiger partial charge in [-0.3, -0.25) is 9.69 Å². The first kappa shape index (κ1) is 24.4. The number of hydrogen-bond donors (Lipinski definition) is 1. The van der Waals surface area contributed by atoms with E-state index in [0.29, 0.717) is 24.0 Å². The fourth-order valence-corrected chi connectivity index (χ4v) is 5.67. The summed E-state index contributed by atoms with van der Waals surface area (Å²) in [5.41, 5.74) is 6.07. The first-order valence-electron chi connectivity index (χ1n) is 10.1. The Labute approximate surface area is 190 Å². The number of aromatic nitrogens is 2. The quantitative estimate of drug-likeness (QED) is 0.247. The van der Waals surface area contributed by atoms with E-state index in [1.807, 2.05) is 13.8 Å². The number of nitrogens with zero attached hydrogens (tertiary/aromatic N) is 3. The SMILES string of the molecule is CC.Cc1cc2c(n1CCN(C=O)c1nccc([B]O)c1CPI)CC(C)(C)C2. The Morgan fingerprint density at radius 1 is 1.41 bits per heavy atom. The first-order chi connectivity index (χ1) is 13.9. The largest absolute Gasteiger partial charge is 0.450 e. The van der Waals surface area contributed by atoms with Gasteiger partial charge in [-0.15, -0.1) is 0 Å². The van der Waals surface area contributed by atoms with Crippen LogP contribution >= 0.6 is 28.3 Å². The van der Waals surface area contributed by atoms with Crippen LogP contribution in [-0.4, -0.2) is 35.0 Å². The number of carbonyl (C=O) groups excluding carboxylic acids is 1. The number of hydrogen-bond acceptors (Lipinski definition) is 3. The van der Waals surface area contributed by atoms with Crippen molar-refractivity contribution in [3.05, 3.63) is 40.8 Å². The molecule has 1 aliphatic rings. The Bertz CT molecular complexity index is 842. The maximum absolute atomic E-state index is 11.8. The lowest BCUT2D eigenvalue weighted by molar-refractivity contribution is -0.107. The third-order valence-corrected chi connectivity index (χ3v) is 6.87. The predicted octanol–water partition coefficient (Wildman–Crippen LogP) is 3.77. The second kappa shape index (κ2) is 10.9. The Balaban J connectivity index is 0.00000145. The van der Waals surface area contributed by atoms with Gasteiger partial charge in [0, 0.05) is 36.8 Å². The number of fused-ring (bicyclic) bond motifs is 1. The molecule has 2 aromatic heterocycles. The van der Waals surface area contributed by atoms with Crippen LogP contribution in [0.4, 0.5) is 5.82 Å². The summed E-state index contributed by atoms with van der Waals surface area (Å²) in [4.78, 5) is 18.0. The number of aryl methyl sites for hydroxylation is 1. The monoisotopic (exact) mass is 526 g/mol. The van der Waals surface area contributed by atoms with Gasteiger partial charge in [0.25, 0.3) is 0 Å². The molecule has 0 saturated carbocycles. The molecule has 0 saturated heterocycles. The van der Waals surface area contributed by atoms with Crippen molar-refractivity contribution in [2.45, 2.75) is 60.2 Å². The van der Waals surface area contributed by atoms with Crippen LogP contribution in [0.15, 0.2) is 18.3 Å². The molecular formula is C21H31BIN3O2P. The fourth-order valence-electron chi connectivity index (χ4n) is 4.03. The second-order valence-corrected chi connectivity index (χ2v) is 10.8. The van der Waals surface area contributed by atoms with Crippen LogP contribution in [-0.2, 0) is 30.3 Å². The smallest absolute Gasteiger partial charge is 0.327 e. The number of carbonyl (C=O) groups is 1. The molecule has 0 fully saturated rings. The summed E-state index contributed by atoms with van der Waals surface area (Å²) in [5, 5.41) is 9.53. The van der Waals surface area contributed by atoms with Crippen molar-refractivity contribution in [1.29, 1.82) is 0 Å². The van der Waals surface area contributed by atoms with E-state index < -0.39 is 0 Å². The number of halogens is 1. The highest BCUT2D eigenvalue weighted by atomic mass is 127. The van der Waals surface area contributed by atoms with Crippen LogP contribution in [0, 0.1) is 12.3 Å². The molecule has 1 N–H and O–H groups in total. The second-order valence-electron chi connectivity index (χ2n) is 7.87. The van der Waals surface area contributed by atoms with Crippen LogP contribution in [0.25, 0.3) is 0 Å². The molecule has 157 valence electrons. The summed E-state index contributed by atoms with van der Waals surface area (Å²) in [6, 6.07) is 4.07. The van der Waals surface area contributed by atoms with E-state index in [9.17, 15) is 9.82 Å². The van der Waals surface area contributed by atoms with E-state index in [-0.39, 0.29) is 0 Å². The fraction of sp³-hybridized carbons (Fsp3) is 0.524. The molecule has 1 aliphatic carbocycles. The van der Waals surface area contributed by atoms with Gasteiger partial charge in [0.15, 0.2) is 0 Å². The molecule has 1 unspecified atom stereocenters. The summed E-state index contributed by atoms with van der Waals surface area (Å²) in [7, 11) is 1.10. The zero-order valence-corrected chi connectivity index (χ0v) is 21.2. The topological polar surface area (TPSA) is 58.4 Å². The highest BCUT2D eigenvalue weighted by molar-refractivity contribution is 14.2. The van der Waals surface area contributed by atoms with Crippen LogP contribution in [0.3, 0.4) is 0 Å². The molecule has 1 amide bonds. The minimum absolute atomic E-state index is 0.311. The predicted molar refractivity (Wildman–Crippen MR) is 133 cm³/mol. The van der Waals surface area contributed by atoms with E-state index in [4.69, 9.17) is 0 Å². The molecule has 3 rings (SSSR count). The summed E-state index contributed by atoms with van der Waals surface area (Å²) < 4.78 is 2.35. The van der Waals surface area contributed by atoms with E-state index in [1.165, 1.54) is 17.0 Å². The van der Waals surface area contributed by atoms with Gasteiger partial charge in [0.2, 0.25) is 6.41 Å². The average molecular weight is 526 g/mol. The molecule has 2 heterocycles. The van der Waals surface area contributed by atoms with Crippen LogP contribution < -0.4 is 10.4 Å². The van der Waals surface area contributed by atoms with Crippen LogP contribution in [0.5, 0.6) is 0 Å². The minimum atomic E-state index is 0.311. The van der Waals surface area contributed by atoms with Gasteiger partial charge in [-0.1, -0.05) is 56.0 Å². The Morgan fingerprint density at radius 2 is 2.14 bits per heavy atom. The van der Waals surface area contributed by atoms with Crippen molar-refractivity contribution in [3.8, 4) is 0 Å². The van der Waals surface area contributed by atoms with Crippen molar-refractivity contribution >= 4 is 53.4 Å². The average Bonchev–Trinajstić information content (AvgIpc) is 3.15. The molecule has 5 nitrogen and oxygen atoms in total. The number of amides is 1. The van der Waals surface area contributed by atoms with E-state index in [1.54, 1.807) is 17.2 Å². The van der Waals surface area contributed by atoms with Crippen LogP contribution in [0.1, 0.15) is 50.2 Å². The lowest BCUT2D eigenvalue weighted by Gasteiger charge is -2.23. The minimum Gasteiger partial charge on any atom is -0.450 e. The van der Waals surface area contributed by atoms with E-state index >= 15 is 0 Å². The molecule has 8 heteroatoms. The molecular weight excluding hydrogens is 495 g/mol. The highest BCUT2D eigenvalue weighted by Gasteiger charge is 2.31. The molecule has 2 aromatic rings. The molecule has 0 spiro atoms. The van der Waals surface area contributed by atoms with Crippen molar-refractivity contribution in [2.75, 3.05) is 11.4 Å². The Hall–Kier alpha value is -0.915. The van der Waals surface area contributed by atoms with Gasteiger partial charge in [-0.2, -0.15) is 0 Å². The maximum Gasteiger partial charge on any atom is 0.327 e. The van der Waals surface area contributed by atoms with Crippen molar-refractivity contribution < 1.29 is 9.82 Å². The number of rotatable bonds is 8. The highest BCUT2D eigenvalue weighted by Crippen LogP contribution is 2.38. The lowest BCUT2D eigenvalue weighted by Crippen LogP contribution is -2.31. The zero-order valence-electron chi connectivity index (χ0n) is 18.0. The van der Waals surface area contributed by atoms with E-state index in [0.717, 1.165) is 50.5 Å². The van der Waals surface area contributed by atoms with Gasteiger partial charge >= 0.3 is 7.48 Å². The normalized spacial score (nSPS) is 14.4. The maximum atomic E-state index is 11.8. The summed E-state index contributed by atoms with van der Waals surface area (Å²) >= 11 is 2.33. The van der Waals surface area contributed by atoms with Gasteiger partial charge in [-0.05, 0) is 53.9 Å². The number of pyridine rings is 1. The molecule has 0 bridgehead atoms. The molecule has 1 radical (unpaired) electrons. The molecule has 0 aliphatic heterocycles. The van der Waals surface area contributed by atoms with E-state index in [2.05, 4.69) is 58.4 Å². The first-order valence-corrected chi connectivity index (χ1v) is 14.4. The lowest BCUT2D eigenvalue weighted by atomic mass is 9.85. The Kier molecular flexibility index (Phi) is 9.17. The van der Waals surface area contributed by atoms with Gasteiger partial charge < -0.3 is 9.59 Å². The zero-order chi connectivity index (χ0) is 21.6. The van der Waals surface area contributed by atoms with Crippen molar-refractivity contribution in [2.24, 2.45) is 5.41 Å². The van der Waals surface area contributed by atoms with Crippen molar-refractivity contribution in [3.63, 3.8) is 0 Å². The van der Waals surface area contributed by atoms with Gasteiger partial charge in [-0.25, -0.2) is 4.98 Å². The standard InChI is InChI=1S/C19H25BIN3O2P.C2H6/c1-13-8-14-9-19(2,3)10-17(14)24(13)7-6-23(12-25)18-15(11-27-21)16(20-26)4-5-22-18;1-2/h4-5,8,12,26-27H,6-7,9-11H2,1-3H3;1-2H3. The molecule has 0 aromatic carbocycles. The third kappa shape index (κ3) is 5.62. The van der Waals surface area contributed by atoms with Crippen LogP contribution in [0.2, 0.25) is 0 Å². The third-order valence-electron chi connectivity index (χ3n) is 5.24. The van der Waals surface area contributed by atoms with Gasteiger partial charge in [0.05, 0.1) is 0 Å². The van der Waals surface area contributed by atoms with Gasteiger partial charge in [0.1, 0.15) is 5.82 Å². The molecule has 1 atom stereocenters. The summed E-state index contributed by atoms with van der Waals surface area (Å²) in [6.45, 7) is 12.1. The number of anilines is 1.